The molecule has 2 atom stereocenters. The van der Waals surface area contributed by atoms with Crippen LogP contribution in [0.25, 0.3) is 0 Å². The molecule has 1 N–H and O–H groups in total. The molecule has 2 unspecified atom stereocenters. The third-order valence-corrected chi connectivity index (χ3v) is 4.01. The molecule has 21 heavy (non-hydrogen) atoms. The van der Waals surface area contributed by atoms with Gasteiger partial charge in [0.15, 0.2) is 0 Å². The normalized spacial score (nSPS) is 20.2. The van der Waals surface area contributed by atoms with Crippen molar-refractivity contribution < 1.29 is 4.92 Å². The van der Waals surface area contributed by atoms with E-state index in [4.69, 9.17) is 0 Å². The van der Waals surface area contributed by atoms with Gasteiger partial charge in [-0.2, -0.15) is 0 Å². The van der Waals surface area contributed by atoms with Crippen LogP contribution in [-0.4, -0.2) is 17.5 Å². The molecule has 1 aliphatic rings. The van der Waals surface area contributed by atoms with Crippen LogP contribution in [0.5, 0.6) is 0 Å². The number of benzene rings is 2. The Morgan fingerprint density at radius 2 is 1.81 bits per heavy atom. The molecular formula is C17H18N2O2. The lowest BCUT2D eigenvalue weighted by molar-refractivity contribution is -0.385. The summed E-state index contributed by atoms with van der Waals surface area (Å²) in [6.07, 6.45) is 1.84. The molecule has 3 rings (SSSR count). The number of rotatable bonds is 6. The fourth-order valence-corrected chi connectivity index (χ4v) is 2.78. The Labute approximate surface area is 124 Å². The molecular weight excluding hydrogens is 264 g/mol. The van der Waals surface area contributed by atoms with Gasteiger partial charge in [0.2, 0.25) is 0 Å². The smallest absolute Gasteiger partial charge is 0.272 e. The molecule has 4 heteroatoms. The summed E-state index contributed by atoms with van der Waals surface area (Å²) in [6.45, 7) is 0.777. The van der Waals surface area contributed by atoms with E-state index in [-0.39, 0.29) is 10.6 Å². The van der Waals surface area contributed by atoms with Crippen molar-refractivity contribution in [3.63, 3.8) is 0 Å². The number of hydrogen-bond acceptors (Lipinski definition) is 3. The molecule has 4 nitrogen and oxygen atoms in total. The van der Waals surface area contributed by atoms with Crippen molar-refractivity contribution in [3.8, 4) is 0 Å². The van der Waals surface area contributed by atoms with E-state index in [1.807, 2.05) is 18.2 Å². The van der Waals surface area contributed by atoms with Gasteiger partial charge in [0.25, 0.3) is 5.69 Å². The van der Waals surface area contributed by atoms with Crippen molar-refractivity contribution in [1.82, 2.24) is 5.32 Å². The van der Waals surface area contributed by atoms with Crippen molar-refractivity contribution in [2.24, 2.45) is 0 Å². The third kappa shape index (κ3) is 3.28. The molecule has 0 aliphatic heterocycles. The predicted octanol–water partition coefficient (Wildman–Crippen LogP) is 3.28. The second-order valence-electron chi connectivity index (χ2n) is 5.45. The molecule has 2 aromatic rings. The highest BCUT2D eigenvalue weighted by Crippen LogP contribution is 2.40. The lowest BCUT2D eigenvalue weighted by atomic mass is 10.1. The van der Waals surface area contributed by atoms with Gasteiger partial charge < -0.3 is 5.32 Å². The molecule has 2 aromatic carbocycles. The minimum atomic E-state index is -0.306. The van der Waals surface area contributed by atoms with Gasteiger partial charge >= 0.3 is 0 Å². The molecule has 0 bridgehead atoms. The summed E-state index contributed by atoms with van der Waals surface area (Å²) in [4.78, 5) is 10.6. The highest BCUT2D eigenvalue weighted by atomic mass is 16.6. The van der Waals surface area contributed by atoms with Gasteiger partial charge in [0, 0.05) is 23.6 Å². The number of para-hydroxylation sites is 1. The van der Waals surface area contributed by atoms with Gasteiger partial charge in [-0.05, 0) is 24.9 Å². The number of nitro groups is 1. The van der Waals surface area contributed by atoms with Crippen LogP contribution < -0.4 is 5.32 Å². The van der Waals surface area contributed by atoms with Gasteiger partial charge in [0.1, 0.15) is 0 Å². The number of nitrogens with zero attached hydrogens (tertiary/aromatic N) is 1. The van der Waals surface area contributed by atoms with Crippen molar-refractivity contribution in [3.05, 3.63) is 75.8 Å². The van der Waals surface area contributed by atoms with Gasteiger partial charge in [-0.15, -0.1) is 0 Å². The summed E-state index contributed by atoms with van der Waals surface area (Å²) < 4.78 is 0. The lowest BCUT2D eigenvalue weighted by Gasteiger charge is -2.05. The summed E-state index contributed by atoms with van der Waals surface area (Å²) in [5.74, 6) is 0.594. The molecule has 0 spiro atoms. The van der Waals surface area contributed by atoms with Gasteiger partial charge in [-0.1, -0.05) is 48.5 Å². The molecule has 1 fully saturated rings. The molecule has 1 saturated carbocycles. The van der Waals surface area contributed by atoms with Crippen LogP contribution in [0, 0.1) is 10.1 Å². The van der Waals surface area contributed by atoms with Gasteiger partial charge in [-0.3, -0.25) is 10.1 Å². The first-order valence-electron chi connectivity index (χ1n) is 7.26. The first kappa shape index (κ1) is 13.8. The minimum absolute atomic E-state index is 0.217. The van der Waals surface area contributed by atoms with Crippen LogP contribution in [0.2, 0.25) is 0 Å². The molecule has 0 radical (unpaired) electrons. The average Bonchev–Trinajstić information content (AvgIpc) is 3.28. The molecule has 1 aliphatic carbocycles. The van der Waals surface area contributed by atoms with Gasteiger partial charge in [0.05, 0.1) is 4.92 Å². The van der Waals surface area contributed by atoms with Crippen molar-refractivity contribution in [2.75, 3.05) is 6.54 Å². The van der Waals surface area contributed by atoms with Crippen LogP contribution in [-0.2, 0) is 6.42 Å². The summed E-state index contributed by atoms with van der Waals surface area (Å²) in [5.41, 5.74) is 2.39. The molecule has 0 amide bonds. The summed E-state index contributed by atoms with van der Waals surface area (Å²) in [7, 11) is 0. The average molecular weight is 282 g/mol. The number of hydrogen-bond donors (Lipinski definition) is 1. The Morgan fingerprint density at radius 3 is 2.57 bits per heavy atom. The van der Waals surface area contributed by atoms with E-state index in [9.17, 15) is 10.1 Å². The first-order chi connectivity index (χ1) is 10.3. The zero-order valence-corrected chi connectivity index (χ0v) is 11.7. The molecule has 0 aromatic heterocycles. The van der Waals surface area contributed by atoms with Crippen molar-refractivity contribution >= 4 is 5.69 Å². The van der Waals surface area contributed by atoms with E-state index in [2.05, 4.69) is 29.6 Å². The minimum Gasteiger partial charge on any atom is -0.313 e. The highest BCUT2D eigenvalue weighted by Gasteiger charge is 2.37. The summed E-state index contributed by atoms with van der Waals surface area (Å²) in [6, 6.07) is 18.0. The SMILES string of the molecule is O=[N+]([O-])c1ccccc1CCNC1CC1c1ccccc1. The Balaban J connectivity index is 1.51. The van der Waals surface area contributed by atoms with Crippen molar-refractivity contribution in [2.45, 2.75) is 24.8 Å². The Hall–Kier alpha value is -2.20. The highest BCUT2D eigenvalue weighted by molar-refractivity contribution is 5.40. The fourth-order valence-electron chi connectivity index (χ4n) is 2.78. The van der Waals surface area contributed by atoms with E-state index in [0.717, 1.165) is 18.5 Å². The second-order valence-corrected chi connectivity index (χ2v) is 5.45. The summed E-state index contributed by atoms with van der Waals surface area (Å²) >= 11 is 0. The first-order valence-corrected chi connectivity index (χ1v) is 7.26. The zero-order chi connectivity index (χ0) is 14.7. The van der Waals surface area contributed by atoms with E-state index in [1.54, 1.807) is 12.1 Å². The monoisotopic (exact) mass is 282 g/mol. The van der Waals surface area contributed by atoms with Crippen LogP contribution >= 0.6 is 0 Å². The number of nitrogens with one attached hydrogen (secondary N) is 1. The Morgan fingerprint density at radius 1 is 1.10 bits per heavy atom. The van der Waals surface area contributed by atoms with E-state index >= 15 is 0 Å². The maximum atomic E-state index is 11.0. The largest absolute Gasteiger partial charge is 0.313 e. The second kappa shape index (κ2) is 6.06. The quantitative estimate of drug-likeness (QED) is 0.653. The van der Waals surface area contributed by atoms with Crippen LogP contribution in [0.15, 0.2) is 54.6 Å². The van der Waals surface area contributed by atoms with E-state index in [0.29, 0.717) is 18.4 Å². The third-order valence-electron chi connectivity index (χ3n) is 4.01. The van der Waals surface area contributed by atoms with Crippen LogP contribution in [0.1, 0.15) is 23.5 Å². The maximum Gasteiger partial charge on any atom is 0.272 e. The van der Waals surface area contributed by atoms with Crippen LogP contribution in [0.3, 0.4) is 0 Å². The molecule has 0 heterocycles. The fraction of sp³-hybridized carbons (Fsp3) is 0.294. The van der Waals surface area contributed by atoms with Gasteiger partial charge in [-0.25, -0.2) is 0 Å². The Kier molecular flexibility index (Phi) is 3.97. The predicted molar refractivity (Wildman–Crippen MR) is 82.4 cm³/mol. The molecule has 0 saturated heterocycles. The number of nitro benzene ring substituents is 1. The topological polar surface area (TPSA) is 55.2 Å². The standard InChI is InChI=1S/C17H18N2O2/c20-19(21)17-9-5-4-8-14(17)10-11-18-16-12-15(16)13-6-2-1-3-7-13/h1-9,15-16,18H,10-12H2. The van der Waals surface area contributed by atoms with Crippen molar-refractivity contribution in [1.29, 1.82) is 0 Å². The summed E-state index contributed by atoms with van der Waals surface area (Å²) in [5, 5.41) is 14.5. The Bertz CT molecular complexity index is 628. The molecule has 108 valence electrons. The van der Waals surface area contributed by atoms with Crippen LogP contribution in [0.4, 0.5) is 5.69 Å². The van der Waals surface area contributed by atoms with E-state index < -0.39 is 0 Å². The van der Waals surface area contributed by atoms with E-state index in [1.165, 1.54) is 5.56 Å². The maximum absolute atomic E-state index is 11.0. The zero-order valence-electron chi connectivity index (χ0n) is 11.7. The lowest BCUT2D eigenvalue weighted by Crippen LogP contribution is -2.21.